The molecule has 2 rings (SSSR count). The van der Waals surface area contributed by atoms with Crippen molar-refractivity contribution in [2.24, 2.45) is 0 Å². The van der Waals surface area contributed by atoms with Gasteiger partial charge in [-0.2, -0.15) is 5.10 Å². The van der Waals surface area contributed by atoms with Gasteiger partial charge in [0, 0.05) is 12.6 Å². The molecule has 0 amide bonds. The summed E-state index contributed by atoms with van der Waals surface area (Å²) in [6.45, 7) is 2.50. The van der Waals surface area contributed by atoms with Crippen molar-refractivity contribution in [2.45, 2.75) is 13.5 Å². The summed E-state index contributed by atoms with van der Waals surface area (Å²) in [5.41, 5.74) is 0.228. The lowest BCUT2D eigenvalue weighted by molar-refractivity contribution is 0.0682. The molecule has 7 nitrogen and oxygen atoms in total. The minimum Gasteiger partial charge on any atom is -0.478 e. The lowest BCUT2D eigenvalue weighted by Gasteiger charge is -2.11. The molecule has 0 saturated carbocycles. The van der Waals surface area contributed by atoms with E-state index in [1.54, 1.807) is 16.9 Å². The molecular weight excluding hydrogens is 262 g/mol. The van der Waals surface area contributed by atoms with Gasteiger partial charge < -0.3 is 15.5 Å². The van der Waals surface area contributed by atoms with Gasteiger partial charge in [-0.15, -0.1) is 0 Å². The summed E-state index contributed by atoms with van der Waals surface area (Å²) in [6.07, 6.45) is 1.58. The Morgan fingerprint density at radius 1 is 1.25 bits per heavy atom. The van der Waals surface area contributed by atoms with Crippen LogP contribution in [0.15, 0.2) is 30.5 Å². The number of aromatic nitrogens is 2. The number of hydrogen-bond acceptors (Lipinski definition) is 4. The standard InChI is InChI=1S/C13H13N3O4/c1-2-16-11(5-6-14-16)15-10-7-8(12(17)18)3-4-9(10)13(19)20/h3-7,15H,2H2,1H3,(H,17,18)(H,19,20). The Morgan fingerprint density at radius 3 is 2.60 bits per heavy atom. The molecule has 2 aromatic rings. The fourth-order valence-corrected chi connectivity index (χ4v) is 1.80. The number of carboxylic acid groups (broad SMARTS) is 2. The van der Waals surface area contributed by atoms with E-state index in [9.17, 15) is 9.59 Å². The van der Waals surface area contributed by atoms with Gasteiger partial charge in [0.2, 0.25) is 0 Å². The Labute approximate surface area is 114 Å². The van der Waals surface area contributed by atoms with Crippen LogP contribution in [-0.4, -0.2) is 31.9 Å². The predicted octanol–water partition coefficient (Wildman–Crippen LogP) is 2.04. The van der Waals surface area contributed by atoms with Crippen LogP contribution in [0, 0.1) is 0 Å². The Hall–Kier alpha value is -2.83. The molecule has 0 unspecified atom stereocenters. The zero-order chi connectivity index (χ0) is 14.7. The van der Waals surface area contributed by atoms with E-state index >= 15 is 0 Å². The molecule has 0 radical (unpaired) electrons. The fraction of sp³-hybridized carbons (Fsp3) is 0.154. The van der Waals surface area contributed by atoms with Gasteiger partial charge in [0.05, 0.1) is 23.0 Å². The number of benzene rings is 1. The van der Waals surface area contributed by atoms with E-state index in [1.807, 2.05) is 6.92 Å². The van der Waals surface area contributed by atoms with Crippen molar-refractivity contribution < 1.29 is 19.8 Å². The number of anilines is 2. The lowest BCUT2D eigenvalue weighted by Crippen LogP contribution is -2.08. The zero-order valence-electron chi connectivity index (χ0n) is 10.7. The molecule has 20 heavy (non-hydrogen) atoms. The minimum absolute atomic E-state index is 0.00106. The summed E-state index contributed by atoms with van der Waals surface area (Å²) in [6, 6.07) is 5.50. The average molecular weight is 275 g/mol. The Morgan fingerprint density at radius 2 is 2.00 bits per heavy atom. The SMILES string of the molecule is CCn1nccc1Nc1cc(C(=O)O)ccc1C(=O)O. The van der Waals surface area contributed by atoms with Crippen molar-refractivity contribution in [1.82, 2.24) is 9.78 Å². The Bertz CT molecular complexity index is 663. The summed E-state index contributed by atoms with van der Waals surface area (Å²) in [4.78, 5) is 22.1. The molecule has 0 aliphatic carbocycles. The molecule has 104 valence electrons. The predicted molar refractivity (Wildman–Crippen MR) is 71.5 cm³/mol. The van der Waals surface area contributed by atoms with Gasteiger partial charge >= 0.3 is 11.9 Å². The molecule has 7 heteroatoms. The highest BCUT2D eigenvalue weighted by Crippen LogP contribution is 2.22. The highest BCUT2D eigenvalue weighted by Gasteiger charge is 2.14. The van der Waals surface area contributed by atoms with Gasteiger partial charge in [0.25, 0.3) is 0 Å². The van der Waals surface area contributed by atoms with Crippen LogP contribution < -0.4 is 5.32 Å². The maximum Gasteiger partial charge on any atom is 0.337 e. The second-order valence-electron chi connectivity index (χ2n) is 4.03. The molecule has 0 aliphatic heterocycles. The first-order valence-electron chi connectivity index (χ1n) is 5.92. The highest BCUT2D eigenvalue weighted by molar-refractivity contribution is 5.98. The van der Waals surface area contributed by atoms with Crippen LogP contribution >= 0.6 is 0 Å². The van der Waals surface area contributed by atoms with E-state index in [4.69, 9.17) is 10.2 Å². The number of rotatable bonds is 5. The van der Waals surface area contributed by atoms with Gasteiger partial charge in [-0.25, -0.2) is 14.3 Å². The number of aryl methyl sites for hydroxylation is 1. The summed E-state index contributed by atoms with van der Waals surface area (Å²) < 4.78 is 1.64. The third-order valence-electron chi connectivity index (χ3n) is 2.78. The molecule has 0 saturated heterocycles. The summed E-state index contributed by atoms with van der Waals surface area (Å²) in [7, 11) is 0. The summed E-state index contributed by atoms with van der Waals surface area (Å²) in [5.74, 6) is -1.65. The van der Waals surface area contributed by atoms with Crippen molar-refractivity contribution >= 4 is 23.4 Å². The van der Waals surface area contributed by atoms with Crippen molar-refractivity contribution in [2.75, 3.05) is 5.32 Å². The third-order valence-corrected chi connectivity index (χ3v) is 2.78. The van der Waals surface area contributed by atoms with E-state index in [1.165, 1.54) is 18.2 Å². The van der Waals surface area contributed by atoms with E-state index in [0.717, 1.165) is 0 Å². The van der Waals surface area contributed by atoms with Crippen LogP contribution in [0.2, 0.25) is 0 Å². The Kier molecular flexibility index (Phi) is 3.69. The number of carboxylic acids is 2. The smallest absolute Gasteiger partial charge is 0.337 e. The summed E-state index contributed by atoms with van der Waals surface area (Å²) in [5, 5.41) is 25.1. The molecular formula is C13H13N3O4. The molecule has 0 atom stereocenters. The van der Waals surface area contributed by atoms with Crippen LogP contribution in [0.4, 0.5) is 11.5 Å². The highest BCUT2D eigenvalue weighted by atomic mass is 16.4. The van der Waals surface area contributed by atoms with E-state index in [0.29, 0.717) is 12.4 Å². The van der Waals surface area contributed by atoms with E-state index in [2.05, 4.69) is 10.4 Å². The largest absolute Gasteiger partial charge is 0.478 e. The molecule has 0 spiro atoms. The monoisotopic (exact) mass is 275 g/mol. The van der Waals surface area contributed by atoms with Gasteiger partial charge in [-0.1, -0.05) is 0 Å². The summed E-state index contributed by atoms with van der Waals surface area (Å²) >= 11 is 0. The lowest BCUT2D eigenvalue weighted by atomic mass is 10.1. The molecule has 0 aliphatic rings. The number of nitrogens with one attached hydrogen (secondary N) is 1. The third kappa shape index (κ3) is 2.61. The molecule has 3 N–H and O–H groups in total. The minimum atomic E-state index is -1.13. The van der Waals surface area contributed by atoms with Gasteiger partial charge in [-0.05, 0) is 25.1 Å². The first-order valence-corrected chi connectivity index (χ1v) is 5.92. The molecule has 1 aromatic heterocycles. The first kappa shape index (κ1) is 13.6. The molecule has 1 heterocycles. The fourth-order valence-electron chi connectivity index (χ4n) is 1.80. The Balaban J connectivity index is 2.45. The first-order chi connectivity index (χ1) is 9.52. The van der Waals surface area contributed by atoms with Gasteiger partial charge in [0.1, 0.15) is 5.82 Å². The van der Waals surface area contributed by atoms with Crippen LogP contribution in [-0.2, 0) is 6.54 Å². The zero-order valence-corrected chi connectivity index (χ0v) is 10.7. The van der Waals surface area contributed by atoms with Gasteiger partial charge in [-0.3, -0.25) is 0 Å². The normalized spacial score (nSPS) is 10.2. The maximum atomic E-state index is 11.2. The number of aromatic carboxylic acids is 2. The van der Waals surface area contributed by atoms with Crippen molar-refractivity contribution in [3.8, 4) is 0 Å². The second-order valence-corrected chi connectivity index (χ2v) is 4.03. The quantitative estimate of drug-likeness (QED) is 0.771. The van der Waals surface area contributed by atoms with Crippen molar-refractivity contribution in [3.63, 3.8) is 0 Å². The van der Waals surface area contributed by atoms with Crippen molar-refractivity contribution in [1.29, 1.82) is 0 Å². The second kappa shape index (κ2) is 5.43. The molecule has 0 bridgehead atoms. The molecule has 1 aromatic carbocycles. The van der Waals surface area contributed by atoms with Crippen LogP contribution in [0.25, 0.3) is 0 Å². The maximum absolute atomic E-state index is 11.2. The van der Waals surface area contributed by atoms with Crippen LogP contribution in [0.1, 0.15) is 27.6 Å². The number of hydrogen-bond donors (Lipinski definition) is 3. The van der Waals surface area contributed by atoms with Crippen LogP contribution in [0.5, 0.6) is 0 Å². The van der Waals surface area contributed by atoms with E-state index in [-0.39, 0.29) is 16.8 Å². The van der Waals surface area contributed by atoms with Crippen LogP contribution in [0.3, 0.4) is 0 Å². The topological polar surface area (TPSA) is 104 Å². The number of nitrogens with zero attached hydrogens (tertiary/aromatic N) is 2. The average Bonchev–Trinajstić information content (AvgIpc) is 2.85. The van der Waals surface area contributed by atoms with Gasteiger partial charge in [0.15, 0.2) is 0 Å². The number of carbonyl (C=O) groups is 2. The van der Waals surface area contributed by atoms with Crippen molar-refractivity contribution in [3.05, 3.63) is 41.6 Å². The van der Waals surface area contributed by atoms with E-state index < -0.39 is 11.9 Å². The molecule has 0 fully saturated rings.